The van der Waals surface area contributed by atoms with E-state index in [0.29, 0.717) is 18.2 Å². The predicted molar refractivity (Wildman–Crippen MR) is 80.6 cm³/mol. The Kier molecular flexibility index (Phi) is 4.98. The molecule has 4 N–H and O–H groups in total. The molecule has 0 spiro atoms. The lowest BCUT2D eigenvalue weighted by atomic mass is 10.1. The third kappa shape index (κ3) is 3.98. The Morgan fingerprint density at radius 2 is 2.15 bits per heavy atom. The molecule has 0 radical (unpaired) electrons. The average molecular weight is 274 g/mol. The average Bonchev–Trinajstić information content (AvgIpc) is 2.96. The van der Waals surface area contributed by atoms with Crippen molar-refractivity contribution in [2.75, 3.05) is 7.05 Å². The van der Waals surface area contributed by atoms with Gasteiger partial charge < -0.3 is 16.4 Å². The molecule has 0 heterocycles. The fourth-order valence-corrected chi connectivity index (χ4v) is 2.48. The maximum absolute atomic E-state index is 11.1. The van der Waals surface area contributed by atoms with E-state index in [1.165, 1.54) is 25.7 Å². The van der Waals surface area contributed by atoms with Gasteiger partial charge in [-0.05, 0) is 30.5 Å². The number of nitrogens with one attached hydrogen (secondary N) is 2. The van der Waals surface area contributed by atoms with Crippen molar-refractivity contribution in [3.63, 3.8) is 0 Å². The van der Waals surface area contributed by atoms with E-state index < -0.39 is 5.91 Å². The third-order valence-electron chi connectivity index (χ3n) is 3.59. The monoisotopic (exact) mass is 274 g/mol. The first kappa shape index (κ1) is 14.4. The summed E-state index contributed by atoms with van der Waals surface area (Å²) in [5.74, 6) is 0.404. The second kappa shape index (κ2) is 6.93. The Balaban J connectivity index is 1.89. The SMILES string of the molecule is CN=C(NCc1cccc(C(N)=O)c1)NC1CCCC1. The van der Waals surface area contributed by atoms with Crippen LogP contribution in [0.1, 0.15) is 41.6 Å². The number of nitrogens with two attached hydrogens (primary N) is 1. The number of rotatable bonds is 4. The Labute approximate surface area is 119 Å². The Morgan fingerprint density at radius 3 is 2.80 bits per heavy atom. The van der Waals surface area contributed by atoms with Crippen LogP contribution >= 0.6 is 0 Å². The second-order valence-corrected chi connectivity index (χ2v) is 5.12. The van der Waals surface area contributed by atoms with Gasteiger partial charge in [0.15, 0.2) is 5.96 Å². The summed E-state index contributed by atoms with van der Waals surface area (Å²) in [6, 6.07) is 7.85. The summed E-state index contributed by atoms with van der Waals surface area (Å²) in [5.41, 5.74) is 6.82. The predicted octanol–water partition coefficient (Wildman–Crippen LogP) is 1.39. The van der Waals surface area contributed by atoms with Crippen molar-refractivity contribution in [1.29, 1.82) is 0 Å². The van der Waals surface area contributed by atoms with Crippen LogP contribution in [0.15, 0.2) is 29.3 Å². The number of primary amides is 1. The van der Waals surface area contributed by atoms with Crippen molar-refractivity contribution < 1.29 is 4.79 Å². The first-order valence-electron chi connectivity index (χ1n) is 7.05. The molecule has 1 aromatic carbocycles. The fraction of sp³-hybridized carbons (Fsp3) is 0.467. The first-order valence-corrected chi connectivity index (χ1v) is 7.05. The van der Waals surface area contributed by atoms with E-state index in [1.54, 1.807) is 19.2 Å². The van der Waals surface area contributed by atoms with Crippen molar-refractivity contribution in [1.82, 2.24) is 10.6 Å². The summed E-state index contributed by atoms with van der Waals surface area (Å²) in [6.07, 6.45) is 4.99. The van der Waals surface area contributed by atoms with Crippen LogP contribution in [0.5, 0.6) is 0 Å². The highest BCUT2D eigenvalue weighted by molar-refractivity contribution is 5.92. The minimum atomic E-state index is -0.402. The molecule has 0 bridgehead atoms. The number of hydrogen-bond donors (Lipinski definition) is 3. The molecule has 0 atom stereocenters. The summed E-state index contributed by atoms with van der Waals surface area (Å²) in [6.45, 7) is 0.619. The van der Waals surface area contributed by atoms with Crippen LogP contribution in [0, 0.1) is 0 Å². The number of carbonyl (C=O) groups is 1. The molecular weight excluding hydrogens is 252 g/mol. The van der Waals surface area contributed by atoms with Crippen molar-refractivity contribution in [3.05, 3.63) is 35.4 Å². The lowest BCUT2D eigenvalue weighted by Crippen LogP contribution is -2.41. The molecule has 0 aromatic heterocycles. The van der Waals surface area contributed by atoms with Crippen LogP contribution in [-0.2, 0) is 6.54 Å². The Bertz CT molecular complexity index is 492. The van der Waals surface area contributed by atoms with Gasteiger partial charge in [0.25, 0.3) is 0 Å². The van der Waals surface area contributed by atoms with Gasteiger partial charge in [-0.15, -0.1) is 0 Å². The molecule has 1 aliphatic rings. The summed E-state index contributed by atoms with van der Waals surface area (Å²) in [7, 11) is 1.77. The van der Waals surface area contributed by atoms with Crippen molar-refractivity contribution in [2.24, 2.45) is 10.7 Å². The number of hydrogen-bond acceptors (Lipinski definition) is 2. The van der Waals surface area contributed by atoms with Gasteiger partial charge >= 0.3 is 0 Å². The number of aliphatic imine (C=N–C) groups is 1. The molecule has 5 nitrogen and oxygen atoms in total. The highest BCUT2D eigenvalue weighted by atomic mass is 16.1. The van der Waals surface area contributed by atoms with Crippen LogP contribution in [0.25, 0.3) is 0 Å². The van der Waals surface area contributed by atoms with Gasteiger partial charge in [-0.3, -0.25) is 9.79 Å². The number of nitrogens with zero attached hydrogens (tertiary/aromatic N) is 1. The zero-order valence-electron chi connectivity index (χ0n) is 11.9. The van der Waals surface area contributed by atoms with Crippen LogP contribution in [0.3, 0.4) is 0 Å². The molecule has 1 fully saturated rings. The lowest BCUT2D eigenvalue weighted by Gasteiger charge is -2.17. The quantitative estimate of drug-likeness (QED) is 0.573. The van der Waals surface area contributed by atoms with E-state index in [2.05, 4.69) is 15.6 Å². The molecular formula is C15H22N4O. The molecule has 1 aromatic rings. The maximum Gasteiger partial charge on any atom is 0.248 e. The smallest absolute Gasteiger partial charge is 0.248 e. The van der Waals surface area contributed by atoms with Gasteiger partial charge in [0.2, 0.25) is 5.91 Å². The van der Waals surface area contributed by atoms with Gasteiger partial charge in [0, 0.05) is 25.2 Å². The van der Waals surface area contributed by atoms with Crippen molar-refractivity contribution in [3.8, 4) is 0 Å². The van der Waals surface area contributed by atoms with E-state index in [-0.39, 0.29) is 0 Å². The number of amides is 1. The molecule has 5 heteroatoms. The lowest BCUT2D eigenvalue weighted by molar-refractivity contribution is 0.1000. The minimum absolute atomic E-state index is 0.402. The van der Waals surface area contributed by atoms with Gasteiger partial charge in [-0.25, -0.2) is 0 Å². The van der Waals surface area contributed by atoms with E-state index in [4.69, 9.17) is 5.73 Å². The topological polar surface area (TPSA) is 79.5 Å². The molecule has 0 aliphatic heterocycles. The van der Waals surface area contributed by atoms with E-state index >= 15 is 0 Å². The number of guanidine groups is 1. The summed E-state index contributed by atoms with van der Waals surface area (Å²) >= 11 is 0. The number of carbonyl (C=O) groups excluding carboxylic acids is 1. The second-order valence-electron chi connectivity index (χ2n) is 5.12. The van der Waals surface area contributed by atoms with E-state index in [9.17, 15) is 4.79 Å². The van der Waals surface area contributed by atoms with Crippen LogP contribution < -0.4 is 16.4 Å². The van der Waals surface area contributed by atoms with Crippen LogP contribution in [-0.4, -0.2) is 25.0 Å². The third-order valence-corrected chi connectivity index (χ3v) is 3.59. The molecule has 2 rings (SSSR count). The highest BCUT2D eigenvalue weighted by Gasteiger charge is 2.15. The molecule has 108 valence electrons. The Hall–Kier alpha value is -2.04. The first-order chi connectivity index (χ1) is 9.69. The molecule has 0 unspecified atom stereocenters. The van der Waals surface area contributed by atoms with Gasteiger partial charge in [0.1, 0.15) is 0 Å². The van der Waals surface area contributed by atoms with Gasteiger partial charge in [0.05, 0.1) is 0 Å². The summed E-state index contributed by atoms with van der Waals surface area (Å²) < 4.78 is 0. The molecule has 1 aliphatic carbocycles. The molecule has 1 amide bonds. The van der Waals surface area contributed by atoms with Gasteiger partial charge in [-0.1, -0.05) is 25.0 Å². The van der Waals surface area contributed by atoms with Crippen molar-refractivity contribution >= 4 is 11.9 Å². The highest BCUT2D eigenvalue weighted by Crippen LogP contribution is 2.17. The standard InChI is InChI=1S/C15H22N4O/c1-17-15(19-13-7-2-3-8-13)18-10-11-5-4-6-12(9-11)14(16)20/h4-6,9,13H,2-3,7-8,10H2,1H3,(H2,16,20)(H2,17,18,19). The summed E-state index contributed by atoms with van der Waals surface area (Å²) in [4.78, 5) is 15.4. The van der Waals surface area contributed by atoms with E-state index in [1.807, 2.05) is 12.1 Å². The van der Waals surface area contributed by atoms with Crippen LogP contribution in [0.2, 0.25) is 0 Å². The molecule has 20 heavy (non-hydrogen) atoms. The van der Waals surface area contributed by atoms with Crippen molar-refractivity contribution in [2.45, 2.75) is 38.3 Å². The summed E-state index contributed by atoms with van der Waals surface area (Å²) in [5, 5.41) is 6.69. The largest absolute Gasteiger partial charge is 0.366 e. The fourth-order valence-electron chi connectivity index (χ4n) is 2.48. The Morgan fingerprint density at radius 1 is 1.40 bits per heavy atom. The molecule has 0 saturated heterocycles. The van der Waals surface area contributed by atoms with Gasteiger partial charge in [-0.2, -0.15) is 0 Å². The van der Waals surface area contributed by atoms with E-state index in [0.717, 1.165) is 11.5 Å². The normalized spacial score (nSPS) is 16.1. The maximum atomic E-state index is 11.1. The molecule has 1 saturated carbocycles. The zero-order valence-corrected chi connectivity index (χ0v) is 11.9. The minimum Gasteiger partial charge on any atom is -0.366 e. The number of benzene rings is 1. The van der Waals surface area contributed by atoms with Crippen LogP contribution in [0.4, 0.5) is 0 Å². The zero-order chi connectivity index (χ0) is 14.4.